The van der Waals surface area contributed by atoms with Crippen LogP contribution in [-0.2, 0) is 21.5 Å². The lowest BCUT2D eigenvalue weighted by molar-refractivity contribution is -0.142. The first-order chi connectivity index (χ1) is 15.0. The lowest BCUT2D eigenvalue weighted by atomic mass is 9.85. The third-order valence-electron chi connectivity index (χ3n) is 6.27. The Kier molecular flexibility index (Phi) is 5.00. The predicted octanol–water partition coefficient (Wildman–Crippen LogP) is 4.34. The Labute approximate surface area is 186 Å². The van der Waals surface area contributed by atoms with Crippen molar-refractivity contribution in [3.05, 3.63) is 71.9 Å². The van der Waals surface area contributed by atoms with Crippen LogP contribution >= 0.6 is 0 Å². The molecule has 7 nitrogen and oxygen atoms in total. The Balaban J connectivity index is 1.67. The molecule has 1 fully saturated rings. The van der Waals surface area contributed by atoms with Gasteiger partial charge in [-0.1, -0.05) is 30.3 Å². The maximum Gasteiger partial charge on any atom is 0.332 e. The fourth-order valence-corrected chi connectivity index (χ4v) is 3.94. The van der Waals surface area contributed by atoms with Gasteiger partial charge < -0.3 is 10.0 Å². The number of anilines is 1. The number of pyridine rings is 1. The zero-order valence-electron chi connectivity index (χ0n) is 18.5. The molecule has 0 atom stereocenters. The number of carbonyl (C=O) groups excluding carboxylic acids is 2. The quantitative estimate of drug-likeness (QED) is 0.607. The van der Waals surface area contributed by atoms with Crippen molar-refractivity contribution in [2.24, 2.45) is 0 Å². The van der Waals surface area contributed by atoms with Gasteiger partial charge in [0.05, 0.1) is 16.6 Å². The molecule has 3 aromatic rings. The number of amides is 3. The molecule has 0 radical (unpaired) electrons. The Morgan fingerprint density at radius 1 is 1.03 bits per heavy atom. The van der Waals surface area contributed by atoms with Gasteiger partial charge in [0.15, 0.2) is 0 Å². The molecule has 32 heavy (non-hydrogen) atoms. The van der Waals surface area contributed by atoms with E-state index in [1.165, 1.54) is 4.90 Å². The van der Waals surface area contributed by atoms with Gasteiger partial charge in [-0.05, 0) is 63.1 Å². The number of hydrogen-bond donors (Lipinski definition) is 1. The second-order valence-electron chi connectivity index (χ2n) is 9.03. The van der Waals surface area contributed by atoms with E-state index in [1.54, 1.807) is 63.1 Å². The van der Waals surface area contributed by atoms with Crippen LogP contribution < -0.4 is 4.90 Å². The molecule has 1 aliphatic rings. The molecule has 1 saturated heterocycles. The van der Waals surface area contributed by atoms with Crippen LogP contribution in [0.3, 0.4) is 0 Å². The van der Waals surface area contributed by atoms with Gasteiger partial charge in [-0.2, -0.15) is 0 Å². The minimum absolute atomic E-state index is 0.265. The summed E-state index contributed by atoms with van der Waals surface area (Å²) in [5, 5.41) is 10.4. The van der Waals surface area contributed by atoms with Crippen LogP contribution in [0.25, 0.3) is 10.9 Å². The van der Waals surface area contributed by atoms with Crippen LogP contribution in [0, 0.1) is 0 Å². The summed E-state index contributed by atoms with van der Waals surface area (Å²) in [6.07, 6.45) is 1.70. The van der Waals surface area contributed by atoms with E-state index in [4.69, 9.17) is 0 Å². The number of para-hydroxylation sites is 1. The van der Waals surface area contributed by atoms with Gasteiger partial charge in [0.1, 0.15) is 5.54 Å². The van der Waals surface area contributed by atoms with Crippen molar-refractivity contribution < 1.29 is 19.5 Å². The average Bonchev–Trinajstić information content (AvgIpc) is 2.93. The first-order valence-corrected chi connectivity index (χ1v) is 10.4. The van der Waals surface area contributed by atoms with Gasteiger partial charge in [-0.15, -0.1) is 0 Å². The third-order valence-corrected chi connectivity index (χ3v) is 6.27. The molecule has 0 aliphatic carbocycles. The van der Waals surface area contributed by atoms with Crippen molar-refractivity contribution >= 4 is 34.5 Å². The molecule has 0 bridgehead atoms. The highest BCUT2D eigenvalue weighted by atomic mass is 16.4. The Morgan fingerprint density at radius 2 is 1.69 bits per heavy atom. The van der Waals surface area contributed by atoms with Crippen molar-refractivity contribution in [2.45, 2.75) is 45.2 Å². The molecule has 1 aliphatic heterocycles. The number of hydrogen-bond acceptors (Lipinski definition) is 4. The summed E-state index contributed by atoms with van der Waals surface area (Å²) in [6.45, 7) is 6.96. The molecule has 1 aromatic heterocycles. The van der Waals surface area contributed by atoms with E-state index in [0.717, 1.165) is 16.5 Å². The minimum atomic E-state index is -1.08. The number of fused-ring (bicyclic) bond motifs is 1. The van der Waals surface area contributed by atoms with Crippen molar-refractivity contribution in [1.29, 1.82) is 0 Å². The summed E-state index contributed by atoms with van der Waals surface area (Å²) in [4.78, 5) is 45.3. The fraction of sp³-hybridized carbons (Fsp3) is 0.280. The highest BCUT2D eigenvalue weighted by Crippen LogP contribution is 2.35. The summed E-state index contributed by atoms with van der Waals surface area (Å²) in [5.74, 6) is -1.28. The Morgan fingerprint density at radius 3 is 2.34 bits per heavy atom. The molecule has 4 rings (SSSR count). The first kappa shape index (κ1) is 21.5. The molecule has 164 valence electrons. The molecule has 3 amide bonds. The lowest BCUT2D eigenvalue weighted by Crippen LogP contribution is -2.43. The van der Waals surface area contributed by atoms with E-state index in [-0.39, 0.29) is 12.5 Å². The zero-order chi connectivity index (χ0) is 23.3. The maximum absolute atomic E-state index is 13.4. The molecule has 2 heterocycles. The van der Waals surface area contributed by atoms with Gasteiger partial charge in [-0.25, -0.2) is 9.69 Å². The molecule has 1 N–H and O–H groups in total. The lowest BCUT2D eigenvalue weighted by Gasteiger charge is -2.28. The van der Waals surface area contributed by atoms with E-state index < -0.39 is 23.0 Å². The maximum atomic E-state index is 13.4. The topological polar surface area (TPSA) is 90.8 Å². The second-order valence-corrected chi connectivity index (χ2v) is 9.03. The van der Waals surface area contributed by atoms with Crippen LogP contribution in [0.4, 0.5) is 10.5 Å². The second kappa shape index (κ2) is 7.44. The van der Waals surface area contributed by atoms with Crippen molar-refractivity contribution in [3.63, 3.8) is 0 Å². The summed E-state index contributed by atoms with van der Waals surface area (Å²) in [5.41, 5.74) is 0.623. The van der Waals surface area contributed by atoms with Gasteiger partial charge in [-0.3, -0.25) is 14.6 Å². The van der Waals surface area contributed by atoms with Crippen LogP contribution in [0.1, 0.15) is 38.8 Å². The highest BCUT2D eigenvalue weighted by Gasteiger charge is 2.51. The monoisotopic (exact) mass is 431 g/mol. The van der Waals surface area contributed by atoms with Gasteiger partial charge >= 0.3 is 12.0 Å². The van der Waals surface area contributed by atoms with Crippen LogP contribution in [-0.4, -0.2) is 38.4 Å². The molecular weight excluding hydrogens is 406 g/mol. The SMILES string of the molecule is CC(C)(C(=O)O)c1ccc(N2C(=O)N(Cc3ccnc4ccccc34)C(C)(C)C2=O)cc1. The van der Waals surface area contributed by atoms with E-state index in [9.17, 15) is 19.5 Å². The number of carboxylic acids is 1. The zero-order valence-corrected chi connectivity index (χ0v) is 18.5. The fourth-order valence-electron chi connectivity index (χ4n) is 3.94. The normalized spacial score (nSPS) is 16.1. The number of nitrogens with zero attached hydrogens (tertiary/aromatic N) is 3. The average molecular weight is 431 g/mol. The molecule has 0 spiro atoms. The number of aromatic nitrogens is 1. The highest BCUT2D eigenvalue weighted by molar-refractivity contribution is 6.23. The van der Waals surface area contributed by atoms with Crippen LogP contribution in [0.2, 0.25) is 0 Å². The number of carbonyl (C=O) groups is 3. The number of imide groups is 1. The first-order valence-electron chi connectivity index (χ1n) is 10.4. The largest absolute Gasteiger partial charge is 0.481 e. The van der Waals surface area contributed by atoms with Crippen molar-refractivity contribution in [3.8, 4) is 0 Å². The summed E-state index contributed by atoms with van der Waals surface area (Å²) >= 11 is 0. The number of urea groups is 1. The summed E-state index contributed by atoms with van der Waals surface area (Å²) in [6, 6.07) is 15.7. The summed E-state index contributed by atoms with van der Waals surface area (Å²) < 4.78 is 0. The molecule has 0 unspecified atom stereocenters. The number of benzene rings is 2. The van der Waals surface area contributed by atoms with Crippen LogP contribution in [0.15, 0.2) is 60.8 Å². The van der Waals surface area contributed by atoms with Crippen LogP contribution in [0.5, 0.6) is 0 Å². The van der Waals surface area contributed by atoms with Crippen molar-refractivity contribution in [2.75, 3.05) is 4.90 Å². The van der Waals surface area contributed by atoms with E-state index in [0.29, 0.717) is 11.3 Å². The van der Waals surface area contributed by atoms with E-state index >= 15 is 0 Å². The minimum Gasteiger partial charge on any atom is -0.481 e. The van der Waals surface area contributed by atoms with Gasteiger partial charge in [0, 0.05) is 18.1 Å². The Hall–Kier alpha value is -3.74. The molecule has 0 saturated carbocycles. The van der Waals surface area contributed by atoms with Crippen molar-refractivity contribution in [1.82, 2.24) is 9.88 Å². The van der Waals surface area contributed by atoms with E-state index in [1.807, 2.05) is 30.3 Å². The number of rotatable bonds is 5. The molecule has 2 aromatic carbocycles. The van der Waals surface area contributed by atoms with Gasteiger partial charge in [0.2, 0.25) is 0 Å². The van der Waals surface area contributed by atoms with Gasteiger partial charge in [0.25, 0.3) is 5.91 Å². The number of aliphatic carboxylic acids is 1. The van der Waals surface area contributed by atoms with E-state index in [2.05, 4.69) is 4.98 Å². The number of carboxylic acid groups (broad SMARTS) is 1. The standard InChI is InChI=1S/C25H25N3O4/c1-24(2,22(30)31)17-9-11-18(12-10-17)28-21(29)25(3,4)27(23(28)32)15-16-13-14-26-20-8-6-5-7-19(16)20/h5-14H,15H2,1-4H3,(H,30,31). The molecule has 7 heteroatoms. The summed E-state index contributed by atoms with van der Waals surface area (Å²) in [7, 11) is 0. The Bertz CT molecular complexity index is 1230. The predicted molar refractivity (Wildman–Crippen MR) is 121 cm³/mol. The smallest absolute Gasteiger partial charge is 0.332 e. The third kappa shape index (κ3) is 3.30. The molecular formula is C25H25N3O4.